The topological polar surface area (TPSA) is 73.2 Å². The van der Waals surface area contributed by atoms with Crippen molar-refractivity contribution >= 4 is 27.5 Å². The number of aromatic nitrogens is 2. The first-order chi connectivity index (χ1) is 12.6. The van der Waals surface area contributed by atoms with Crippen molar-refractivity contribution in [2.24, 2.45) is 0 Å². The minimum atomic E-state index is -0.405. The van der Waals surface area contributed by atoms with Crippen LogP contribution in [-0.4, -0.2) is 22.7 Å². The van der Waals surface area contributed by atoms with E-state index in [1.807, 2.05) is 0 Å². The molecule has 1 aliphatic carbocycles. The third-order valence-electron chi connectivity index (χ3n) is 4.72. The van der Waals surface area contributed by atoms with E-state index in [1.54, 1.807) is 42.5 Å². The highest BCUT2D eigenvalue weighted by atomic mass is 32.1. The number of para-hydroxylation sites is 1. The van der Waals surface area contributed by atoms with Gasteiger partial charge in [0, 0.05) is 4.88 Å². The molecule has 0 radical (unpaired) electrons. The van der Waals surface area contributed by atoms with Crippen LogP contribution in [0.2, 0.25) is 0 Å². The van der Waals surface area contributed by atoms with Gasteiger partial charge in [0.15, 0.2) is 0 Å². The molecule has 1 aromatic carbocycles. The van der Waals surface area contributed by atoms with Crippen molar-refractivity contribution in [3.8, 4) is 5.75 Å². The zero-order chi connectivity index (χ0) is 18.3. The summed E-state index contributed by atoms with van der Waals surface area (Å²) in [5, 5.41) is 0.649. The van der Waals surface area contributed by atoms with Crippen LogP contribution in [0.5, 0.6) is 5.75 Å². The standard InChI is InChI=1S/C19H19N3O3S/c1-11-20-18-16(13-8-4-6-10-15(13)26-18)19(24)22(11)21-17(23)12-7-3-5-9-14(12)25-2/h3,5,7,9H,4,6,8,10H2,1-2H3,(H,21,23). The van der Waals surface area contributed by atoms with Crippen LogP contribution in [0.1, 0.15) is 39.5 Å². The number of aryl methyl sites for hydroxylation is 3. The molecule has 0 spiro atoms. The lowest BCUT2D eigenvalue weighted by Crippen LogP contribution is -2.35. The van der Waals surface area contributed by atoms with E-state index in [1.165, 1.54) is 16.7 Å². The first-order valence-corrected chi connectivity index (χ1v) is 9.40. The Kier molecular flexibility index (Phi) is 4.24. The Morgan fingerprint density at radius 1 is 1.27 bits per heavy atom. The number of amides is 1. The summed E-state index contributed by atoms with van der Waals surface area (Å²) in [6.45, 7) is 1.72. The molecule has 0 aliphatic heterocycles. The molecule has 0 bridgehead atoms. The van der Waals surface area contributed by atoms with Crippen LogP contribution in [0.3, 0.4) is 0 Å². The van der Waals surface area contributed by atoms with Gasteiger partial charge < -0.3 is 4.74 Å². The Bertz CT molecular complexity index is 1070. The van der Waals surface area contributed by atoms with E-state index < -0.39 is 5.91 Å². The van der Waals surface area contributed by atoms with Gasteiger partial charge in [0.25, 0.3) is 11.5 Å². The molecule has 26 heavy (non-hydrogen) atoms. The maximum atomic E-state index is 13.1. The summed E-state index contributed by atoms with van der Waals surface area (Å²) in [6, 6.07) is 6.91. The number of nitrogens with one attached hydrogen (secondary N) is 1. The maximum Gasteiger partial charge on any atom is 0.281 e. The van der Waals surface area contributed by atoms with Crippen LogP contribution < -0.4 is 15.7 Å². The predicted octanol–water partition coefficient (Wildman–Crippen LogP) is 3.04. The second kappa shape index (κ2) is 6.57. The van der Waals surface area contributed by atoms with Crippen LogP contribution >= 0.6 is 11.3 Å². The lowest BCUT2D eigenvalue weighted by atomic mass is 9.97. The second-order valence-electron chi connectivity index (χ2n) is 6.33. The summed E-state index contributed by atoms with van der Waals surface area (Å²) in [6.07, 6.45) is 4.13. The lowest BCUT2D eigenvalue weighted by Gasteiger charge is -2.14. The molecule has 0 fully saturated rings. The summed E-state index contributed by atoms with van der Waals surface area (Å²) in [5.41, 5.74) is 3.95. The third-order valence-corrected chi connectivity index (χ3v) is 5.91. The van der Waals surface area contributed by atoms with Crippen LogP contribution in [0.25, 0.3) is 10.2 Å². The Morgan fingerprint density at radius 3 is 2.85 bits per heavy atom. The van der Waals surface area contributed by atoms with Gasteiger partial charge in [0.1, 0.15) is 16.4 Å². The average molecular weight is 369 g/mol. The fraction of sp³-hybridized carbons (Fsp3) is 0.316. The van der Waals surface area contributed by atoms with Crippen LogP contribution in [0, 0.1) is 6.92 Å². The first kappa shape index (κ1) is 16.8. The second-order valence-corrected chi connectivity index (χ2v) is 7.42. The number of ether oxygens (including phenoxy) is 1. The summed E-state index contributed by atoms with van der Waals surface area (Å²) in [4.78, 5) is 32.4. The number of thiophene rings is 1. The SMILES string of the molecule is COc1ccccc1C(=O)Nn1c(C)nc2sc3c(c2c1=O)CCCC3. The molecular weight excluding hydrogens is 350 g/mol. The fourth-order valence-electron chi connectivity index (χ4n) is 3.43. The monoisotopic (exact) mass is 369 g/mol. The van der Waals surface area contributed by atoms with E-state index in [2.05, 4.69) is 10.4 Å². The van der Waals surface area contributed by atoms with Crippen molar-refractivity contribution in [3.05, 3.63) is 56.4 Å². The molecule has 3 aromatic rings. The molecule has 2 heterocycles. The highest BCUT2D eigenvalue weighted by Gasteiger charge is 2.22. The van der Waals surface area contributed by atoms with Crippen LogP contribution in [-0.2, 0) is 12.8 Å². The molecule has 1 N–H and O–H groups in total. The molecular formula is C19H19N3O3S. The molecule has 0 unspecified atom stereocenters. The van der Waals surface area contributed by atoms with E-state index in [9.17, 15) is 9.59 Å². The van der Waals surface area contributed by atoms with Crippen molar-refractivity contribution in [1.29, 1.82) is 0 Å². The normalized spacial score (nSPS) is 13.5. The first-order valence-electron chi connectivity index (χ1n) is 8.58. The summed E-state index contributed by atoms with van der Waals surface area (Å²) >= 11 is 1.60. The lowest BCUT2D eigenvalue weighted by molar-refractivity contribution is 0.100. The van der Waals surface area contributed by atoms with Crippen LogP contribution in [0.15, 0.2) is 29.1 Å². The molecule has 6 nitrogen and oxygen atoms in total. The van der Waals surface area contributed by atoms with E-state index in [-0.39, 0.29) is 5.56 Å². The number of nitrogens with zero attached hydrogens (tertiary/aromatic N) is 2. The Morgan fingerprint density at radius 2 is 2.04 bits per heavy atom. The number of hydrogen-bond acceptors (Lipinski definition) is 5. The summed E-state index contributed by atoms with van der Waals surface area (Å²) in [5.74, 6) is 0.514. The molecule has 1 aliphatic rings. The van der Waals surface area contributed by atoms with E-state index >= 15 is 0 Å². The smallest absolute Gasteiger partial charge is 0.281 e. The zero-order valence-electron chi connectivity index (χ0n) is 14.7. The third kappa shape index (κ3) is 2.68. The maximum absolute atomic E-state index is 13.1. The van der Waals surface area contributed by atoms with Crippen molar-refractivity contribution in [3.63, 3.8) is 0 Å². The number of carbonyl (C=O) groups is 1. The fourth-order valence-corrected chi connectivity index (χ4v) is 4.73. The predicted molar refractivity (Wildman–Crippen MR) is 102 cm³/mol. The molecule has 0 atom stereocenters. The van der Waals surface area contributed by atoms with Gasteiger partial charge >= 0.3 is 0 Å². The van der Waals surface area contributed by atoms with Crippen molar-refractivity contribution in [2.75, 3.05) is 12.5 Å². The number of methoxy groups -OCH3 is 1. The van der Waals surface area contributed by atoms with Gasteiger partial charge in [-0.1, -0.05) is 12.1 Å². The number of hydrogen-bond donors (Lipinski definition) is 1. The van der Waals surface area contributed by atoms with Crippen molar-refractivity contribution < 1.29 is 9.53 Å². The zero-order valence-corrected chi connectivity index (χ0v) is 15.5. The van der Waals surface area contributed by atoms with Gasteiger partial charge in [0.2, 0.25) is 0 Å². The van der Waals surface area contributed by atoms with Gasteiger partial charge in [-0.2, -0.15) is 0 Å². The minimum absolute atomic E-state index is 0.213. The summed E-state index contributed by atoms with van der Waals surface area (Å²) < 4.78 is 6.48. The van der Waals surface area contributed by atoms with Gasteiger partial charge in [-0.05, 0) is 50.3 Å². The highest BCUT2D eigenvalue weighted by molar-refractivity contribution is 7.18. The molecule has 0 saturated heterocycles. The molecule has 1 amide bonds. The Balaban J connectivity index is 1.79. The van der Waals surface area contributed by atoms with Gasteiger partial charge in [-0.25, -0.2) is 9.66 Å². The molecule has 2 aromatic heterocycles. The quantitative estimate of drug-likeness (QED) is 0.770. The van der Waals surface area contributed by atoms with Gasteiger partial charge in [-0.3, -0.25) is 15.0 Å². The number of carbonyl (C=O) groups excluding carboxylic acids is 1. The number of rotatable bonds is 3. The largest absolute Gasteiger partial charge is 0.496 e. The molecule has 134 valence electrons. The number of benzene rings is 1. The average Bonchev–Trinajstić information content (AvgIpc) is 3.03. The van der Waals surface area contributed by atoms with Crippen molar-refractivity contribution in [1.82, 2.24) is 9.66 Å². The molecule has 7 heteroatoms. The van der Waals surface area contributed by atoms with E-state index in [0.29, 0.717) is 22.5 Å². The Labute approximate surface area is 154 Å². The minimum Gasteiger partial charge on any atom is -0.496 e. The van der Waals surface area contributed by atoms with E-state index in [0.717, 1.165) is 36.1 Å². The number of fused-ring (bicyclic) bond motifs is 3. The van der Waals surface area contributed by atoms with Crippen LogP contribution in [0.4, 0.5) is 0 Å². The van der Waals surface area contributed by atoms with Gasteiger partial charge in [-0.15, -0.1) is 11.3 Å². The molecule has 0 saturated carbocycles. The molecule has 4 rings (SSSR count). The Hall–Kier alpha value is -2.67. The van der Waals surface area contributed by atoms with Gasteiger partial charge in [0.05, 0.1) is 18.1 Å². The van der Waals surface area contributed by atoms with E-state index in [4.69, 9.17) is 4.74 Å². The summed E-state index contributed by atoms with van der Waals surface area (Å²) in [7, 11) is 1.51. The van der Waals surface area contributed by atoms with Crippen molar-refractivity contribution in [2.45, 2.75) is 32.6 Å². The highest BCUT2D eigenvalue weighted by Crippen LogP contribution is 2.33.